The van der Waals surface area contributed by atoms with E-state index in [-0.39, 0.29) is 4.32 Å². The van der Waals surface area contributed by atoms with Crippen molar-refractivity contribution in [3.63, 3.8) is 0 Å². The summed E-state index contributed by atoms with van der Waals surface area (Å²) in [5, 5.41) is 0. The summed E-state index contributed by atoms with van der Waals surface area (Å²) < 4.78 is 15.9. The van der Waals surface area contributed by atoms with Crippen LogP contribution in [-0.4, -0.2) is 30.9 Å². The fraction of sp³-hybridized carbons (Fsp3) is 0.500. The van der Waals surface area contributed by atoms with Gasteiger partial charge in [0.15, 0.2) is 0 Å². The highest BCUT2D eigenvalue weighted by atomic mass is 79.9. The van der Waals surface area contributed by atoms with Gasteiger partial charge in [-0.25, -0.2) is 0 Å². The summed E-state index contributed by atoms with van der Waals surface area (Å²) in [6.07, 6.45) is 0. The topological polar surface area (TPSA) is 27.7 Å². The lowest BCUT2D eigenvalue weighted by Gasteiger charge is -2.30. The zero-order chi connectivity index (χ0) is 12.1. The van der Waals surface area contributed by atoms with Gasteiger partial charge in [-0.15, -0.1) is 0 Å². The second-order valence-electron chi connectivity index (χ2n) is 4.12. The van der Waals surface area contributed by atoms with Crippen molar-refractivity contribution in [3.05, 3.63) is 29.8 Å². The molecule has 0 bridgehead atoms. The number of alkyl halides is 1. The average Bonchev–Trinajstić information content (AvgIpc) is 2.32. The Morgan fingerprint density at radius 3 is 2.59 bits per heavy atom. The van der Waals surface area contributed by atoms with Gasteiger partial charge in [0.05, 0.1) is 24.1 Å². The minimum absolute atomic E-state index is 0.219. The molecule has 0 unspecified atom stereocenters. The summed E-state index contributed by atoms with van der Waals surface area (Å²) in [5.74, 6) is 0. The Bertz CT molecular complexity index is 349. The monoisotopic (exact) mass is 318 g/mol. The standard InChI is InChI=1S/C12H15BrO3S/c1-10-2-4-11(5-3-10)17-16-8-12(13)6-14-9-15-7-12/h2-5H,6-9H2,1H3. The van der Waals surface area contributed by atoms with Crippen molar-refractivity contribution in [2.75, 3.05) is 26.6 Å². The molecule has 0 amide bonds. The molecule has 0 saturated carbocycles. The summed E-state index contributed by atoms with van der Waals surface area (Å²) in [5.41, 5.74) is 1.25. The Morgan fingerprint density at radius 2 is 1.94 bits per heavy atom. The van der Waals surface area contributed by atoms with Gasteiger partial charge in [-0.2, -0.15) is 0 Å². The molecule has 0 radical (unpaired) electrons. The lowest BCUT2D eigenvalue weighted by molar-refractivity contribution is -0.118. The molecule has 1 aromatic rings. The number of hydrogen-bond donors (Lipinski definition) is 0. The Morgan fingerprint density at radius 1 is 1.29 bits per heavy atom. The molecule has 5 heteroatoms. The molecule has 2 rings (SSSR count). The average molecular weight is 319 g/mol. The van der Waals surface area contributed by atoms with E-state index >= 15 is 0 Å². The van der Waals surface area contributed by atoms with Crippen LogP contribution in [-0.2, 0) is 13.7 Å². The smallest absolute Gasteiger partial charge is 0.146 e. The SMILES string of the molecule is Cc1ccc(SOCC2(Br)COCOC2)cc1. The van der Waals surface area contributed by atoms with Gasteiger partial charge in [-0.3, -0.25) is 0 Å². The fourth-order valence-corrected chi connectivity index (χ4v) is 2.69. The van der Waals surface area contributed by atoms with E-state index in [2.05, 4.69) is 47.1 Å². The number of hydrogen-bond acceptors (Lipinski definition) is 4. The Hall–Kier alpha value is -0.0700. The highest BCUT2D eigenvalue weighted by Crippen LogP contribution is 2.27. The summed E-state index contributed by atoms with van der Waals surface area (Å²) >= 11 is 4.97. The van der Waals surface area contributed by atoms with E-state index < -0.39 is 0 Å². The maximum atomic E-state index is 5.61. The lowest BCUT2D eigenvalue weighted by Crippen LogP contribution is -2.41. The molecule has 0 N–H and O–H groups in total. The van der Waals surface area contributed by atoms with Gasteiger partial charge in [0.1, 0.15) is 6.79 Å². The second kappa shape index (κ2) is 6.20. The summed E-state index contributed by atoms with van der Waals surface area (Å²) in [6.45, 7) is 4.21. The molecule has 1 aliphatic rings. The van der Waals surface area contributed by atoms with Crippen LogP contribution in [0.1, 0.15) is 5.56 Å². The highest BCUT2D eigenvalue weighted by molar-refractivity contribution is 9.10. The van der Waals surface area contributed by atoms with Crippen LogP contribution in [0.15, 0.2) is 29.2 Å². The zero-order valence-corrected chi connectivity index (χ0v) is 12.1. The lowest BCUT2D eigenvalue weighted by atomic mass is 10.2. The fourth-order valence-electron chi connectivity index (χ4n) is 1.43. The van der Waals surface area contributed by atoms with Crippen LogP contribution in [0.2, 0.25) is 0 Å². The van der Waals surface area contributed by atoms with Crippen molar-refractivity contribution in [2.24, 2.45) is 0 Å². The van der Waals surface area contributed by atoms with Crippen molar-refractivity contribution in [2.45, 2.75) is 16.1 Å². The molecule has 94 valence electrons. The van der Waals surface area contributed by atoms with Crippen molar-refractivity contribution in [1.29, 1.82) is 0 Å². The molecule has 0 atom stereocenters. The van der Waals surface area contributed by atoms with Crippen LogP contribution in [0.3, 0.4) is 0 Å². The number of halogens is 1. The first kappa shape index (κ1) is 13.4. The van der Waals surface area contributed by atoms with Gasteiger partial charge in [0.25, 0.3) is 0 Å². The molecule has 1 heterocycles. The molecule has 3 nitrogen and oxygen atoms in total. The maximum absolute atomic E-state index is 5.61. The minimum Gasteiger partial charge on any atom is -0.354 e. The first-order valence-corrected chi connectivity index (χ1v) is 6.92. The van der Waals surface area contributed by atoms with Crippen molar-refractivity contribution < 1.29 is 13.7 Å². The van der Waals surface area contributed by atoms with Crippen LogP contribution < -0.4 is 0 Å². The van der Waals surface area contributed by atoms with E-state index in [1.165, 1.54) is 17.6 Å². The van der Waals surface area contributed by atoms with Crippen LogP contribution in [0, 0.1) is 6.92 Å². The van der Waals surface area contributed by atoms with Crippen molar-refractivity contribution >= 4 is 28.0 Å². The second-order valence-corrected chi connectivity index (χ2v) is 6.68. The van der Waals surface area contributed by atoms with Gasteiger partial charge in [0, 0.05) is 16.9 Å². The van der Waals surface area contributed by atoms with Gasteiger partial charge in [-0.1, -0.05) is 33.6 Å². The molecule has 1 saturated heterocycles. The summed E-state index contributed by atoms with van der Waals surface area (Å²) in [4.78, 5) is 1.10. The number of benzene rings is 1. The van der Waals surface area contributed by atoms with E-state index in [1.807, 2.05) is 0 Å². The molecular weight excluding hydrogens is 304 g/mol. The molecule has 0 spiro atoms. The van der Waals surface area contributed by atoms with Crippen molar-refractivity contribution in [3.8, 4) is 0 Å². The largest absolute Gasteiger partial charge is 0.354 e. The predicted octanol–water partition coefficient (Wildman–Crippen LogP) is 3.16. The van der Waals surface area contributed by atoms with E-state index in [0.717, 1.165) is 4.90 Å². The first-order valence-electron chi connectivity index (χ1n) is 5.39. The minimum atomic E-state index is -0.219. The molecule has 0 aromatic heterocycles. The Balaban J connectivity index is 1.77. The Labute approximate surface area is 114 Å². The third kappa shape index (κ3) is 4.26. The van der Waals surface area contributed by atoms with Gasteiger partial charge >= 0.3 is 0 Å². The number of rotatable bonds is 4. The molecule has 1 fully saturated rings. The van der Waals surface area contributed by atoms with Gasteiger partial charge < -0.3 is 13.7 Å². The van der Waals surface area contributed by atoms with Crippen LogP contribution in [0.4, 0.5) is 0 Å². The van der Waals surface area contributed by atoms with Crippen molar-refractivity contribution in [1.82, 2.24) is 0 Å². The van der Waals surface area contributed by atoms with Crippen LogP contribution >= 0.6 is 28.0 Å². The highest BCUT2D eigenvalue weighted by Gasteiger charge is 2.31. The Kier molecular flexibility index (Phi) is 4.87. The summed E-state index contributed by atoms with van der Waals surface area (Å²) in [7, 11) is 0. The maximum Gasteiger partial charge on any atom is 0.146 e. The summed E-state index contributed by atoms with van der Waals surface area (Å²) in [6, 6.07) is 8.24. The first-order chi connectivity index (χ1) is 8.18. The van der Waals surface area contributed by atoms with Gasteiger partial charge in [0.2, 0.25) is 0 Å². The number of ether oxygens (including phenoxy) is 2. The molecule has 1 aliphatic heterocycles. The predicted molar refractivity (Wildman–Crippen MR) is 71.4 cm³/mol. The van der Waals surface area contributed by atoms with Gasteiger partial charge in [-0.05, 0) is 19.1 Å². The van der Waals surface area contributed by atoms with Crippen LogP contribution in [0.5, 0.6) is 0 Å². The van der Waals surface area contributed by atoms with E-state index in [1.54, 1.807) is 0 Å². The molecule has 17 heavy (non-hydrogen) atoms. The van der Waals surface area contributed by atoms with E-state index in [0.29, 0.717) is 26.6 Å². The number of aryl methyl sites for hydroxylation is 1. The normalized spacial score (nSPS) is 19.2. The van der Waals surface area contributed by atoms with Crippen LogP contribution in [0.25, 0.3) is 0 Å². The third-order valence-corrected chi connectivity index (χ3v) is 3.77. The zero-order valence-electron chi connectivity index (χ0n) is 9.65. The third-order valence-electron chi connectivity index (χ3n) is 2.38. The quantitative estimate of drug-likeness (QED) is 0.629. The molecule has 1 aromatic carbocycles. The van der Waals surface area contributed by atoms with E-state index in [9.17, 15) is 0 Å². The van der Waals surface area contributed by atoms with E-state index in [4.69, 9.17) is 13.7 Å². The molecule has 0 aliphatic carbocycles. The molecular formula is C12H15BrO3S.